The van der Waals surface area contributed by atoms with E-state index >= 15 is 0 Å². The summed E-state index contributed by atoms with van der Waals surface area (Å²) in [6.45, 7) is 5.04. The number of hydrogen-bond acceptors (Lipinski definition) is 3. The molecule has 0 saturated carbocycles. The average molecular weight is 300 g/mol. The second-order valence-corrected chi connectivity index (χ2v) is 5.20. The van der Waals surface area contributed by atoms with Crippen LogP contribution in [-0.2, 0) is 0 Å². The lowest BCUT2D eigenvalue weighted by Gasteiger charge is -2.17. The summed E-state index contributed by atoms with van der Waals surface area (Å²) in [6, 6.07) is 2.25. The first-order chi connectivity index (χ1) is 7.74. The zero-order valence-corrected chi connectivity index (χ0v) is 11.7. The van der Waals surface area contributed by atoms with Gasteiger partial charge in [0.15, 0.2) is 0 Å². The molecule has 0 bridgehead atoms. The molecule has 86 valence electrons. The first-order valence-electron chi connectivity index (χ1n) is 5.23. The molecule has 0 radical (unpaired) electrons. The van der Waals surface area contributed by atoms with E-state index in [4.69, 9.17) is 4.42 Å². The van der Waals surface area contributed by atoms with Crippen molar-refractivity contribution in [2.75, 3.05) is 6.54 Å². The molecule has 2 rings (SSSR count). The Morgan fingerprint density at radius 1 is 1.44 bits per heavy atom. The molecule has 0 saturated heterocycles. The van der Waals surface area contributed by atoms with E-state index < -0.39 is 0 Å². The van der Waals surface area contributed by atoms with Crippen LogP contribution in [0.2, 0.25) is 0 Å². The standard InChI is InChI=1S/C12H14BrNOS/c1-3-14-12(9-4-5-15-8(9)2)10-6-16-7-11(10)13/h4-7,12,14H,3H2,1-2H3. The SMILES string of the molecule is CCNC(c1cscc1Br)c1ccoc1C. The quantitative estimate of drug-likeness (QED) is 0.919. The fourth-order valence-corrected chi connectivity index (χ4v) is 3.34. The Labute approximate surface area is 108 Å². The summed E-state index contributed by atoms with van der Waals surface area (Å²) in [5, 5.41) is 7.76. The number of nitrogens with one attached hydrogen (secondary N) is 1. The van der Waals surface area contributed by atoms with E-state index in [1.807, 2.05) is 13.0 Å². The highest BCUT2D eigenvalue weighted by Gasteiger charge is 2.19. The first kappa shape index (κ1) is 11.9. The largest absolute Gasteiger partial charge is 0.469 e. The monoisotopic (exact) mass is 299 g/mol. The molecule has 1 atom stereocenters. The number of aryl methyl sites for hydroxylation is 1. The summed E-state index contributed by atoms with van der Waals surface area (Å²) in [5.41, 5.74) is 2.48. The van der Waals surface area contributed by atoms with Crippen molar-refractivity contribution in [3.05, 3.63) is 44.4 Å². The maximum absolute atomic E-state index is 5.38. The minimum absolute atomic E-state index is 0.212. The summed E-state index contributed by atoms with van der Waals surface area (Å²) in [5.74, 6) is 0.976. The molecule has 0 aromatic carbocycles. The minimum atomic E-state index is 0.212. The van der Waals surface area contributed by atoms with E-state index in [0.29, 0.717) is 0 Å². The Balaban J connectivity index is 2.39. The van der Waals surface area contributed by atoms with E-state index in [1.54, 1.807) is 17.6 Å². The molecule has 2 nitrogen and oxygen atoms in total. The maximum atomic E-state index is 5.38. The predicted molar refractivity (Wildman–Crippen MR) is 71.0 cm³/mol. The highest BCUT2D eigenvalue weighted by Crippen LogP contribution is 2.33. The van der Waals surface area contributed by atoms with Crippen molar-refractivity contribution in [1.29, 1.82) is 0 Å². The van der Waals surface area contributed by atoms with Crippen molar-refractivity contribution >= 4 is 27.3 Å². The number of rotatable bonds is 4. The smallest absolute Gasteiger partial charge is 0.105 e. The van der Waals surface area contributed by atoms with Crippen molar-refractivity contribution < 1.29 is 4.42 Å². The van der Waals surface area contributed by atoms with Gasteiger partial charge in [0, 0.05) is 15.4 Å². The summed E-state index contributed by atoms with van der Waals surface area (Å²) in [7, 11) is 0. The molecular formula is C12H14BrNOS. The Bertz CT molecular complexity index is 423. The Hall–Kier alpha value is -0.580. The van der Waals surface area contributed by atoms with Crippen LogP contribution >= 0.6 is 27.3 Å². The fourth-order valence-electron chi connectivity index (χ4n) is 1.78. The van der Waals surface area contributed by atoms with Crippen LogP contribution in [0, 0.1) is 6.92 Å². The molecule has 16 heavy (non-hydrogen) atoms. The van der Waals surface area contributed by atoms with Crippen LogP contribution in [0.3, 0.4) is 0 Å². The highest BCUT2D eigenvalue weighted by molar-refractivity contribution is 9.10. The number of halogens is 1. The van der Waals surface area contributed by atoms with Crippen molar-refractivity contribution in [2.24, 2.45) is 0 Å². The average Bonchev–Trinajstić information content (AvgIpc) is 2.84. The topological polar surface area (TPSA) is 25.2 Å². The summed E-state index contributed by atoms with van der Waals surface area (Å²) >= 11 is 5.29. The lowest BCUT2D eigenvalue weighted by atomic mass is 10.0. The van der Waals surface area contributed by atoms with Crippen LogP contribution in [0.1, 0.15) is 29.9 Å². The molecule has 2 heterocycles. The zero-order valence-electron chi connectivity index (χ0n) is 9.29. The normalized spacial score (nSPS) is 12.9. The van der Waals surface area contributed by atoms with E-state index in [9.17, 15) is 0 Å². The number of furan rings is 1. The van der Waals surface area contributed by atoms with Crippen LogP contribution in [0.25, 0.3) is 0 Å². The third-order valence-electron chi connectivity index (χ3n) is 2.57. The Morgan fingerprint density at radius 3 is 2.75 bits per heavy atom. The van der Waals surface area contributed by atoms with Gasteiger partial charge in [0.25, 0.3) is 0 Å². The van der Waals surface area contributed by atoms with Crippen molar-refractivity contribution in [2.45, 2.75) is 19.9 Å². The van der Waals surface area contributed by atoms with Crippen molar-refractivity contribution in [3.63, 3.8) is 0 Å². The van der Waals surface area contributed by atoms with Gasteiger partial charge in [-0.25, -0.2) is 0 Å². The second-order valence-electron chi connectivity index (χ2n) is 3.60. The minimum Gasteiger partial charge on any atom is -0.469 e. The van der Waals surface area contributed by atoms with Gasteiger partial charge in [-0.3, -0.25) is 0 Å². The molecule has 0 spiro atoms. The lowest BCUT2D eigenvalue weighted by molar-refractivity contribution is 0.520. The molecule has 0 amide bonds. The predicted octanol–water partition coefficient (Wildman–Crippen LogP) is 4.11. The summed E-state index contributed by atoms with van der Waals surface area (Å²) < 4.78 is 6.53. The van der Waals surface area contributed by atoms with Gasteiger partial charge in [-0.1, -0.05) is 6.92 Å². The first-order valence-corrected chi connectivity index (χ1v) is 6.96. The molecule has 2 aromatic heterocycles. The van der Waals surface area contributed by atoms with Crippen LogP contribution in [0.5, 0.6) is 0 Å². The van der Waals surface area contributed by atoms with E-state index in [-0.39, 0.29) is 6.04 Å². The van der Waals surface area contributed by atoms with E-state index in [0.717, 1.165) is 16.8 Å². The molecule has 0 aliphatic heterocycles. The molecule has 1 unspecified atom stereocenters. The van der Waals surface area contributed by atoms with Crippen LogP contribution in [-0.4, -0.2) is 6.54 Å². The van der Waals surface area contributed by atoms with Gasteiger partial charge in [0.05, 0.1) is 12.3 Å². The summed E-state index contributed by atoms with van der Waals surface area (Å²) in [4.78, 5) is 0. The van der Waals surface area contributed by atoms with Gasteiger partial charge in [-0.2, -0.15) is 11.3 Å². The van der Waals surface area contributed by atoms with Crippen molar-refractivity contribution in [3.8, 4) is 0 Å². The van der Waals surface area contributed by atoms with Gasteiger partial charge >= 0.3 is 0 Å². The van der Waals surface area contributed by atoms with Gasteiger partial charge in [-0.15, -0.1) is 0 Å². The zero-order chi connectivity index (χ0) is 11.5. The van der Waals surface area contributed by atoms with Crippen LogP contribution in [0.15, 0.2) is 32.0 Å². The van der Waals surface area contributed by atoms with Crippen molar-refractivity contribution in [1.82, 2.24) is 5.32 Å². The molecule has 0 aliphatic rings. The Kier molecular flexibility index (Phi) is 3.84. The molecule has 0 fully saturated rings. The third-order valence-corrected chi connectivity index (χ3v) is 4.32. The van der Waals surface area contributed by atoms with Gasteiger partial charge in [0.1, 0.15) is 5.76 Å². The second kappa shape index (κ2) is 5.17. The molecule has 2 aromatic rings. The lowest BCUT2D eigenvalue weighted by Crippen LogP contribution is -2.22. The molecular weight excluding hydrogens is 286 g/mol. The van der Waals surface area contributed by atoms with Crippen LogP contribution in [0.4, 0.5) is 0 Å². The van der Waals surface area contributed by atoms with Crippen LogP contribution < -0.4 is 5.32 Å². The highest BCUT2D eigenvalue weighted by atomic mass is 79.9. The molecule has 1 N–H and O–H groups in total. The number of hydrogen-bond donors (Lipinski definition) is 1. The van der Waals surface area contributed by atoms with Gasteiger partial charge in [0.2, 0.25) is 0 Å². The van der Waals surface area contributed by atoms with E-state index in [1.165, 1.54) is 11.1 Å². The van der Waals surface area contributed by atoms with E-state index in [2.05, 4.69) is 38.9 Å². The molecule has 0 aliphatic carbocycles. The third kappa shape index (κ3) is 2.24. The summed E-state index contributed by atoms with van der Waals surface area (Å²) in [6.07, 6.45) is 1.75. The fraction of sp³-hybridized carbons (Fsp3) is 0.333. The van der Waals surface area contributed by atoms with Gasteiger partial charge in [-0.05, 0) is 46.4 Å². The molecule has 4 heteroatoms. The van der Waals surface area contributed by atoms with Gasteiger partial charge < -0.3 is 9.73 Å². The number of thiophene rings is 1. The Morgan fingerprint density at radius 2 is 2.25 bits per heavy atom. The maximum Gasteiger partial charge on any atom is 0.105 e.